The first-order chi connectivity index (χ1) is 17.4. The molecule has 0 aromatic heterocycles. The highest BCUT2D eigenvalue weighted by molar-refractivity contribution is 5.92. The Morgan fingerprint density at radius 3 is 2.54 bits per heavy atom. The van der Waals surface area contributed by atoms with Gasteiger partial charge in [0.25, 0.3) is 0 Å². The number of carbonyl (C=O) groups excluding carboxylic acids is 2. The predicted octanol–water partition coefficient (Wildman–Crippen LogP) is 3.79. The Labute approximate surface area is 219 Å². The fourth-order valence-corrected chi connectivity index (χ4v) is 7.15. The summed E-state index contributed by atoms with van der Waals surface area (Å²) in [6.07, 6.45) is 7.50. The largest absolute Gasteiger partial charge is 0.459 e. The van der Waals surface area contributed by atoms with Crippen molar-refractivity contribution in [2.45, 2.75) is 84.0 Å². The van der Waals surface area contributed by atoms with Gasteiger partial charge in [0.05, 0.1) is 24.7 Å². The minimum absolute atomic E-state index is 0.0714. The van der Waals surface area contributed by atoms with E-state index in [-0.39, 0.29) is 35.4 Å². The van der Waals surface area contributed by atoms with Crippen LogP contribution in [-0.4, -0.2) is 58.3 Å². The van der Waals surface area contributed by atoms with E-state index in [0.717, 1.165) is 30.4 Å². The summed E-state index contributed by atoms with van der Waals surface area (Å²) < 4.78 is 11.0. The van der Waals surface area contributed by atoms with Crippen molar-refractivity contribution in [1.29, 1.82) is 0 Å². The summed E-state index contributed by atoms with van der Waals surface area (Å²) in [4.78, 5) is 24.6. The number of ether oxygens (including phenoxy) is 2. The van der Waals surface area contributed by atoms with E-state index in [1.54, 1.807) is 0 Å². The molecular weight excluding hydrogens is 472 g/mol. The van der Waals surface area contributed by atoms with Crippen molar-refractivity contribution >= 4 is 11.9 Å². The highest BCUT2D eigenvalue weighted by Gasteiger charge is 2.59. The number of esters is 2. The Morgan fingerprint density at radius 1 is 1.24 bits per heavy atom. The first-order valence-electron chi connectivity index (χ1n) is 13.5. The standard InChI is InChI=1S/C30H42O7/c1-7-28(5)13-24-19(20(15-31)26(33)36-24)11-21(28)17(3)9-10-18(4)22-12-23-25(14-29(22,6)8-2)37-27(34)30(23,35)16-32/h7,12,18,21,23-25,31-32,35H,1,3,8-11,13-16H2,2,4-6H3. The molecule has 2 heterocycles. The van der Waals surface area contributed by atoms with Crippen molar-refractivity contribution < 1.29 is 34.4 Å². The number of aliphatic hydroxyl groups is 3. The molecule has 8 atom stereocenters. The Hall–Kier alpha value is -2.22. The van der Waals surface area contributed by atoms with E-state index >= 15 is 0 Å². The molecule has 3 N–H and O–H groups in total. The van der Waals surface area contributed by atoms with Gasteiger partial charge in [0.15, 0.2) is 5.60 Å². The molecule has 8 unspecified atom stereocenters. The lowest BCUT2D eigenvalue weighted by Gasteiger charge is -2.44. The summed E-state index contributed by atoms with van der Waals surface area (Å²) in [6.45, 7) is 16.2. The van der Waals surface area contributed by atoms with Crippen LogP contribution in [0.4, 0.5) is 0 Å². The molecule has 204 valence electrons. The normalized spacial score (nSPS) is 39.9. The van der Waals surface area contributed by atoms with E-state index in [2.05, 4.69) is 40.9 Å². The van der Waals surface area contributed by atoms with E-state index in [9.17, 15) is 24.9 Å². The summed E-state index contributed by atoms with van der Waals surface area (Å²) in [7, 11) is 0. The first kappa shape index (κ1) is 27.8. The van der Waals surface area contributed by atoms with Crippen LogP contribution in [0.3, 0.4) is 0 Å². The van der Waals surface area contributed by atoms with E-state index in [0.29, 0.717) is 24.8 Å². The molecular formula is C30H42O7. The minimum Gasteiger partial charge on any atom is -0.459 e. The van der Waals surface area contributed by atoms with Gasteiger partial charge in [-0.1, -0.05) is 57.6 Å². The summed E-state index contributed by atoms with van der Waals surface area (Å²) in [5, 5.41) is 30.4. The van der Waals surface area contributed by atoms with Gasteiger partial charge >= 0.3 is 11.9 Å². The Kier molecular flexibility index (Phi) is 7.38. The summed E-state index contributed by atoms with van der Waals surface area (Å²) >= 11 is 0. The van der Waals surface area contributed by atoms with Crippen molar-refractivity contribution in [2.75, 3.05) is 13.2 Å². The fraction of sp³-hybridized carbons (Fsp3) is 0.667. The smallest absolute Gasteiger partial charge is 0.341 e. The van der Waals surface area contributed by atoms with Crippen LogP contribution in [-0.2, 0) is 19.1 Å². The van der Waals surface area contributed by atoms with Gasteiger partial charge in [-0.15, -0.1) is 6.58 Å². The fourth-order valence-electron chi connectivity index (χ4n) is 7.15. The topological polar surface area (TPSA) is 113 Å². The maximum Gasteiger partial charge on any atom is 0.341 e. The second-order valence-corrected chi connectivity index (χ2v) is 12.1. The lowest BCUT2D eigenvalue weighted by Crippen LogP contribution is -2.47. The van der Waals surface area contributed by atoms with E-state index in [1.165, 1.54) is 5.57 Å². The third-order valence-electron chi connectivity index (χ3n) is 9.96. The van der Waals surface area contributed by atoms with Crippen molar-refractivity contribution in [2.24, 2.45) is 28.6 Å². The van der Waals surface area contributed by atoms with Gasteiger partial charge in [-0.25, -0.2) is 9.59 Å². The molecule has 4 rings (SSSR count). The van der Waals surface area contributed by atoms with Gasteiger partial charge in [0.1, 0.15) is 12.2 Å². The van der Waals surface area contributed by atoms with Crippen molar-refractivity contribution in [1.82, 2.24) is 0 Å². The van der Waals surface area contributed by atoms with Gasteiger partial charge < -0.3 is 24.8 Å². The number of rotatable bonds is 9. The number of hydrogen-bond acceptors (Lipinski definition) is 7. The number of aliphatic hydroxyl groups excluding tert-OH is 2. The predicted molar refractivity (Wildman–Crippen MR) is 139 cm³/mol. The zero-order valence-electron chi connectivity index (χ0n) is 22.6. The Morgan fingerprint density at radius 2 is 1.95 bits per heavy atom. The summed E-state index contributed by atoms with van der Waals surface area (Å²) in [5.74, 6) is -1.49. The summed E-state index contributed by atoms with van der Waals surface area (Å²) in [6, 6.07) is 0. The van der Waals surface area contributed by atoms with Gasteiger partial charge in [-0.2, -0.15) is 0 Å². The zero-order chi connectivity index (χ0) is 27.3. The highest BCUT2D eigenvalue weighted by Crippen LogP contribution is 2.54. The molecule has 1 saturated carbocycles. The molecule has 7 heteroatoms. The molecule has 7 nitrogen and oxygen atoms in total. The third kappa shape index (κ3) is 4.43. The summed E-state index contributed by atoms with van der Waals surface area (Å²) in [5.41, 5.74) is 1.18. The molecule has 37 heavy (non-hydrogen) atoms. The van der Waals surface area contributed by atoms with Gasteiger partial charge in [0.2, 0.25) is 0 Å². The number of fused-ring (bicyclic) bond motifs is 2. The lowest BCUT2D eigenvalue weighted by atomic mass is 9.61. The lowest BCUT2D eigenvalue weighted by molar-refractivity contribution is -0.158. The zero-order valence-corrected chi connectivity index (χ0v) is 22.6. The molecule has 0 aromatic carbocycles. The average molecular weight is 515 g/mol. The second kappa shape index (κ2) is 9.83. The molecule has 0 bridgehead atoms. The molecule has 2 aliphatic carbocycles. The van der Waals surface area contributed by atoms with E-state index < -0.39 is 36.2 Å². The SMILES string of the molecule is C=CC1(C)CC2OC(=O)C(CO)=C2CC1C(=C)CCC(C)C1=CC2C(CC1(C)CC)OC(=O)C2(O)CO. The second-order valence-electron chi connectivity index (χ2n) is 12.1. The van der Waals surface area contributed by atoms with E-state index in [4.69, 9.17) is 9.47 Å². The van der Waals surface area contributed by atoms with Crippen LogP contribution in [0.2, 0.25) is 0 Å². The minimum atomic E-state index is -1.89. The first-order valence-corrected chi connectivity index (χ1v) is 13.5. The maximum atomic E-state index is 12.4. The Balaban J connectivity index is 1.54. The molecule has 0 radical (unpaired) electrons. The molecule has 0 amide bonds. The molecule has 4 aliphatic rings. The van der Waals surface area contributed by atoms with Crippen LogP contribution in [0.5, 0.6) is 0 Å². The van der Waals surface area contributed by atoms with Crippen molar-refractivity contribution in [3.63, 3.8) is 0 Å². The van der Waals surface area contributed by atoms with Crippen LogP contribution in [0, 0.1) is 28.6 Å². The van der Waals surface area contributed by atoms with Crippen LogP contribution < -0.4 is 0 Å². The number of hydrogen-bond donors (Lipinski definition) is 3. The highest BCUT2D eigenvalue weighted by atomic mass is 16.6. The van der Waals surface area contributed by atoms with Crippen LogP contribution in [0.15, 0.2) is 47.6 Å². The van der Waals surface area contributed by atoms with Gasteiger partial charge in [-0.05, 0) is 66.8 Å². The molecule has 0 aromatic rings. The molecule has 2 fully saturated rings. The molecule has 1 saturated heterocycles. The van der Waals surface area contributed by atoms with Crippen LogP contribution in [0.25, 0.3) is 0 Å². The van der Waals surface area contributed by atoms with E-state index in [1.807, 2.05) is 12.2 Å². The average Bonchev–Trinajstić information content (AvgIpc) is 3.31. The number of allylic oxidation sites excluding steroid dienone is 3. The van der Waals surface area contributed by atoms with Gasteiger partial charge in [0, 0.05) is 0 Å². The third-order valence-corrected chi connectivity index (χ3v) is 9.96. The van der Waals surface area contributed by atoms with Crippen LogP contribution >= 0.6 is 0 Å². The molecule has 2 aliphatic heterocycles. The number of carbonyl (C=O) groups is 2. The van der Waals surface area contributed by atoms with Crippen LogP contribution in [0.1, 0.15) is 66.2 Å². The Bertz CT molecular complexity index is 1060. The molecule has 0 spiro atoms. The quantitative estimate of drug-likeness (QED) is 0.317. The van der Waals surface area contributed by atoms with Gasteiger partial charge in [-0.3, -0.25) is 0 Å². The monoisotopic (exact) mass is 514 g/mol. The maximum absolute atomic E-state index is 12.4. The van der Waals surface area contributed by atoms with Crippen molar-refractivity contribution in [3.05, 3.63) is 47.6 Å². The van der Waals surface area contributed by atoms with Crippen molar-refractivity contribution in [3.8, 4) is 0 Å².